The average molecular weight is 303 g/mol. The minimum Gasteiger partial charge on any atom is -0.481 e. The first kappa shape index (κ1) is 18.8. The number of nitrogens with two attached hydrogens (primary N) is 1. The summed E-state index contributed by atoms with van der Waals surface area (Å²) in [6.45, 7) is 3.00. The lowest BCUT2D eigenvalue weighted by atomic mass is 9.98. The lowest BCUT2D eigenvalue weighted by molar-refractivity contribution is -0.144. The topological polar surface area (TPSA) is 159 Å². The summed E-state index contributed by atoms with van der Waals surface area (Å²) in [5.74, 6) is -4.44. The molecule has 3 unspecified atom stereocenters. The Morgan fingerprint density at radius 3 is 2.10 bits per heavy atom. The number of rotatable bonds is 9. The second kappa shape index (κ2) is 8.90. The summed E-state index contributed by atoms with van der Waals surface area (Å²) in [6.07, 6.45) is -0.152. The zero-order chi connectivity index (χ0) is 16.6. The number of carboxylic acid groups (broad SMARTS) is 2. The SMILES string of the molecule is CCC(C)C(NC(=O)C(CC(=O)O)NC(=O)CN)C(=O)O. The molecule has 3 atom stereocenters. The molecule has 0 heterocycles. The van der Waals surface area contributed by atoms with Crippen LogP contribution in [0.1, 0.15) is 26.7 Å². The van der Waals surface area contributed by atoms with Gasteiger partial charge in [-0.15, -0.1) is 0 Å². The zero-order valence-electron chi connectivity index (χ0n) is 12.0. The monoisotopic (exact) mass is 303 g/mol. The third kappa shape index (κ3) is 6.70. The Hall–Kier alpha value is -2.16. The molecule has 0 aliphatic carbocycles. The van der Waals surface area contributed by atoms with E-state index in [0.29, 0.717) is 6.42 Å². The molecule has 21 heavy (non-hydrogen) atoms. The van der Waals surface area contributed by atoms with Gasteiger partial charge in [-0.3, -0.25) is 14.4 Å². The molecule has 0 bridgehead atoms. The Bertz CT molecular complexity index is 412. The van der Waals surface area contributed by atoms with Crippen LogP contribution in [0.25, 0.3) is 0 Å². The molecule has 9 heteroatoms. The fraction of sp³-hybridized carbons (Fsp3) is 0.667. The van der Waals surface area contributed by atoms with Gasteiger partial charge in [0.25, 0.3) is 0 Å². The lowest BCUT2D eigenvalue weighted by Crippen LogP contribution is -2.54. The maximum absolute atomic E-state index is 12.0. The Morgan fingerprint density at radius 1 is 1.14 bits per heavy atom. The predicted octanol–water partition coefficient (Wildman–Crippen LogP) is -1.48. The van der Waals surface area contributed by atoms with Crippen LogP contribution >= 0.6 is 0 Å². The largest absolute Gasteiger partial charge is 0.481 e. The number of carbonyl (C=O) groups excluding carboxylic acids is 2. The molecule has 0 rings (SSSR count). The molecule has 0 aromatic heterocycles. The number of carboxylic acids is 2. The van der Waals surface area contributed by atoms with Crippen molar-refractivity contribution in [1.29, 1.82) is 0 Å². The van der Waals surface area contributed by atoms with Gasteiger partial charge in [0.2, 0.25) is 11.8 Å². The molecule has 0 saturated heterocycles. The van der Waals surface area contributed by atoms with Crippen molar-refractivity contribution in [2.24, 2.45) is 11.7 Å². The van der Waals surface area contributed by atoms with E-state index in [1.54, 1.807) is 13.8 Å². The zero-order valence-corrected chi connectivity index (χ0v) is 12.0. The summed E-state index contributed by atoms with van der Waals surface area (Å²) in [4.78, 5) is 45.0. The summed E-state index contributed by atoms with van der Waals surface area (Å²) in [5, 5.41) is 22.2. The van der Waals surface area contributed by atoms with E-state index in [-0.39, 0.29) is 5.92 Å². The van der Waals surface area contributed by atoms with Gasteiger partial charge in [0.05, 0.1) is 13.0 Å². The standard InChI is InChI=1S/C12H21N3O6/c1-3-6(2)10(12(20)21)15-11(19)7(4-9(17)18)14-8(16)5-13/h6-7,10H,3-5,13H2,1-2H3,(H,14,16)(H,15,19)(H,17,18)(H,20,21). The van der Waals surface area contributed by atoms with Crippen LogP contribution in [0.3, 0.4) is 0 Å². The first-order chi connectivity index (χ1) is 9.72. The molecule has 6 N–H and O–H groups in total. The maximum Gasteiger partial charge on any atom is 0.326 e. The number of carbonyl (C=O) groups is 4. The van der Waals surface area contributed by atoms with E-state index in [1.807, 2.05) is 0 Å². The molecule has 2 amide bonds. The molecule has 9 nitrogen and oxygen atoms in total. The number of hydrogen-bond acceptors (Lipinski definition) is 5. The fourth-order valence-corrected chi connectivity index (χ4v) is 1.57. The van der Waals surface area contributed by atoms with E-state index in [0.717, 1.165) is 0 Å². The van der Waals surface area contributed by atoms with E-state index in [1.165, 1.54) is 0 Å². The van der Waals surface area contributed by atoms with Crippen molar-refractivity contribution in [3.63, 3.8) is 0 Å². The quantitative estimate of drug-likeness (QED) is 0.347. The Kier molecular flexibility index (Phi) is 7.99. The second-order valence-electron chi connectivity index (χ2n) is 4.63. The highest BCUT2D eigenvalue weighted by Crippen LogP contribution is 2.08. The molecule has 0 saturated carbocycles. The smallest absolute Gasteiger partial charge is 0.326 e. The van der Waals surface area contributed by atoms with Gasteiger partial charge >= 0.3 is 11.9 Å². The van der Waals surface area contributed by atoms with Crippen LogP contribution in [-0.2, 0) is 19.2 Å². The predicted molar refractivity (Wildman–Crippen MR) is 72.3 cm³/mol. The van der Waals surface area contributed by atoms with Crippen LogP contribution in [0.5, 0.6) is 0 Å². The summed E-state index contributed by atoms with van der Waals surface area (Å²) in [5.41, 5.74) is 5.09. The number of hydrogen-bond donors (Lipinski definition) is 5. The first-order valence-electron chi connectivity index (χ1n) is 6.47. The van der Waals surface area contributed by atoms with E-state index in [2.05, 4.69) is 10.6 Å². The van der Waals surface area contributed by atoms with Crippen molar-refractivity contribution in [1.82, 2.24) is 10.6 Å². The molecule has 0 fully saturated rings. The van der Waals surface area contributed by atoms with Crippen LogP contribution in [0.15, 0.2) is 0 Å². The van der Waals surface area contributed by atoms with Crippen molar-refractivity contribution in [2.45, 2.75) is 38.8 Å². The molecule has 0 aliphatic rings. The van der Waals surface area contributed by atoms with Crippen molar-refractivity contribution < 1.29 is 29.4 Å². The number of nitrogens with one attached hydrogen (secondary N) is 2. The van der Waals surface area contributed by atoms with E-state index in [4.69, 9.17) is 15.9 Å². The number of aliphatic carboxylic acids is 2. The lowest BCUT2D eigenvalue weighted by Gasteiger charge is -2.23. The van der Waals surface area contributed by atoms with E-state index < -0.39 is 48.8 Å². The minimum absolute atomic E-state index is 0.345. The van der Waals surface area contributed by atoms with Crippen LogP contribution < -0.4 is 16.4 Å². The molecule has 0 radical (unpaired) electrons. The van der Waals surface area contributed by atoms with Crippen molar-refractivity contribution in [3.05, 3.63) is 0 Å². The van der Waals surface area contributed by atoms with Gasteiger partial charge in [-0.1, -0.05) is 20.3 Å². The Labute approximate surface area is 121 Å². The second-order valence-corrected chi connectivity index (χ2v) is 4.63. The van der Waals surface area contributed by atoms with E-state index >= 15 is 0 Å². The summed E-state index contributed by atoms with van der Waals surface area (Å²) in [7, 11) is 0. The molecule has 0 aromatic rings. The first-order valence-corrected chi connectivity index (χ1v) is 6.47. The minimum atomic E-state index is -1.37. The maximum atomic E-state index is 12.0. The van der Waals surface area contributed by atoms with Gasteiger partial charge in [-0.25, -0.2) is 4.79 Å². The van der Waals surface area contributed by atoms with Gasteiger partial charge in [0.15, 0.2) is 0 Å². The van der Waals surface area contributed by atoms with Gasteiger partial charge in [0.1, 0.15) is 12.1 Å². The highest BCUT2D eigenvalue weighted by molar-refractivity contribution is 5.93. The summed E-state index contributed by atoms with van der Waals surface area (Å²) in [6, 6.07) is -2.53. The molecule has 0 aromatic carbocycles. The molecule has 0 aliphatic heterocycles. The summed E-state index contributed by atoms with van der Waals surface area (Å²) < 4.78 is 0. The third-order valence-electron chi connectivity index (χ3n) is 2.99. The third-order valence-corrected chi connectivity index (χ3v) is 2.99. The Balaban J connectivity index is 4.96. The summed E-state index contributed by atoms with van der Waals surface area (Å²) >= 11 is 0. The highest BCUT2D eigenvalue weighted by Gasteiger charge is 2.30. The fourth-order valence-electron chi connectivity index (χ4n) is 1.57. The molecule has 0 spiro atoms. The van der Waals surface area contributed by atoms with Crippen molar-refractivity contribution >= 4 is 23.8 Å². The van der Waals surface area contributed by atoms with Crippen LogP contribution in [0, 0.1) is 5.92 Å². The van der Waals surface area contributed by atoms with Crippen LogP contribution in [0.4, 0.5) is 0 Å². The molecular formula is C12H21N3O6. The van der Waals surface area contributed by atoms with Gasteiger partial charge < -0.3 is 26.6 Å². The van der Waals surface area contributed by atoms with Crippen molar-refractivity contribution in [3.8, 4) is 0 Å². The highest BCUT2D eigenvalue weighted by atomic mass is 16.4. The molecular weight excluding hydrogens is 282 g/mol. The van der Waals surface area contributed by atoms with Gasteiger partial charge in [-0.2, -0.15) is 0 Å². The Morgan fingerprint density at radius 2 is 1.71 bits per heavy atom. The van der Waals surface area contributed by atoms with E-state index in [9.17, 15) is 19.2 Å². The number of amides is 2. The van der Waals surface area contributed by atoms with Gasteiger partial charge in [0, 0.05) is 0 Å². The van der Waals surface area contributed by atoms with Gasteiger partial charge in [-0.05, 0) is 5.92 Å². The van der Waals surface area contributed by atoms with Crippen molar-refractivity contribution in [2.75, 3.05) is 6.54 Å². The average Bonchev–Trinajstić information content (AvgIpc) is 2.41. The van der Waals surface area contributed by atoms with Crippen LogP contribution in [0.2, 0.25) is 0 Å². The van der Waals surface area contributed by atoms with Crippen LogP contribution in [-0.4, -0.2) is 52.6 Å². The normalized spacial score (nSPS) is 14.6. The molecule has 120 valence electrons.